The van der Waals surface area contributed by atoms with Crippen LogP contribution in [-0.4, -0.2) is 65.1 Å². The first-order valence-electron chi connectivity index (χ1n) is 7.83. The van der Waals surface area contributed by atoms with E-state index in [9.17, 15) is 0 Å². The van der Waals surface area contributed by atoms with Crippen LogP contribution >= 0.6 is 0 Å². The lowest BCUT2D eigenvalue weighted by Crippen LogP contribution is -2.57. The molecular weight excluding hydrogens is 250 g/mol. The molecule has 0 atom stereocenters. The Labute approximate surface area is 121 Å². The maximum Gasteiger partial charge on any atom is 0.120 e. The predicted molar refractivity (Wildman–Crippen MR) is 80.7 cm³/mol. The quantitative estimate of drug-likeness (QED) is 0.846. The van der Waals surface area contributed by atoms with Crippen molar-refractivity contribution in [1.82, 2.24) is 25.1 Å². The van der Waals surface area contributed by atoms with E-state index in [4.69, 9.17) is 0 Å². The van der Waals surface area contributed by atoms with Gasteiger partial charge in [0.25, 0.3) is 0 Å². The van der Waals surface area contributed by atoms with Crippen LogP contribution in [0.4, 0.5) is 0 Å². The number of nitrogens with zero attached hydrogens (tertiary/aromatic N) is 3. The third kappa shape index (κ3) is 2.90. The van der Waals surface area contributed by atoms with Gasteiger partial charge in [0, 0.05) is 24.0 Å². The molecule has 1 spiro atoms. The SMILES string of the molecule is Cc1cnc(CN2CCCN(C)C3(CCNCC3)C2)[nH]1. The van der Waals surface area contributed by atoms with Gasteiger partial charge >= 0.3 is 0 Å². The summed E-state index contributed by atoms with van der Waals surface area (Å²) in [5, 5.41) is 3.50. The molecule has 0 saturated carbocycles. The second kappa shape index (κ2) is 5.84. The van der Waals surface area contributed by atoms with Crippen LogP contribution in [0.25, 0.3) is 0 Å². The van der Waals surface area contributed by atoms with Gasteiger partial charge in [-0.25, -0.2) is 4.98 Å². The van der Waals surface area contributed by atoms with Crippen LogP contribution < -0.4 is 5.32 Å². The van der Waals surface area contributed by atoms with Crippen molar-refractivity contribution in [3.63, 3.8) is 0 Å². The fraction of sp³-hybridized carbons (Fsp3) is 0.800. The zero-order valence-corrected chi connectivity index (χ0v) is 12.8. The molecule has 1 aromatic rings. The second-order valence-electron chi connectivity index (χ2n) is 6.47. The van der Waals surface area contributed by atoms with E-state index in [1.54, 1.807) is 0 Å². The number of hydrogen-bond acceptors (Lipinski definition) is 4. The first-order valence-corrected chi connectivity index (χ1v) is 7.83. The summed E-state index contributed by atoms with van der Waals surface area (Å²) in [6.45, 7) is 8.89. The molecule has 0 radical (unpaired) electrons. The van der Waals surface area contributed by atoms with Gasteiger partial charge in [-0.05, 0) is 59.4 Å². The standard InChI is InChI=1S/C15H27N5/c1-13-10-17-14(18-13)11-20-9-3-8-19(2)15(12-20)4-6-16-7-5-15/h10,16H,3-9,11-12H2,1-2H3,(H,17,18). The second-order valence-corrected chi connectivity index (χ2v) is 6.47. The Balaban J connectivity index is 1.71. The van der Waals surface area contributed by atoms with Crippen LogP contribution in [0, 0.1) is 6.92 Å². The number of aromatic nitrogens is 2. The van der Waals surface area contributed by atoms with Crippen LogP contribution in [0.2, 0.25) is 0 Å². The van der Waals surface area contributed by atoms with Gasteiger partial charge in [0.05, 0.1) is 6.54 Å². The monoisotopic (exact) mass is 277 g/mol. The lowest BCUT2D eigenvalue weighted by Gasteiger charge is -2.45. The van der Waals surface area contributed by atoms with Crippen LogP contribution in [0.1, 0.15) is 30.8 Å². The van der Waals surface area contributed by atoms with E-state index >= 15 is 0 Å². The van der Waals surface area contributed by atoms with Gasteiger partial charge in [0.1, 0.15) is 5.82 Å². The summed E-state index contributed by atoms with van der Waals surface area (Å²) in [4.78, 5) is 13.0. The molecule has 0 bridgehead atoms. The van der Waals surface area contributed by atoms with E-state index in [-0.39, 0.29) is 0 Å². The molecular formula is C15H27N5. The Morgan fingerprint density at radius 3 is 2.80 bits per heavy atom. The van der Waals surface area contributed by atoms with Gasteiger partial charge in [-0.2, -0.15) is 0 Å². The van der Waals surface area contributed by atoms with Crippen molar-refractivity contribution in [2.45, 2.75) is 38.3 Å². The minimum Gasteiger partial charge on any atom is -0.345 e. The van der Waals surface area contributed by atoms with Crippen LogP contribution in [-0.2, 0) is 6.54 Å². The molecule has 0 aliphatic carbocycles. The summed E-state index contributed by atoms with van der Waals surface area (Å²) in [6.07, 6.45) is 5.71. The number of likely N-dealkylation sites (N-methyl/N-ethyl adjacent to an activating group) is 1. The lowest BCUT2D eigenvalue weighted by molar-refractivity contribution is 0.0631. The molecule has 5 heteroatoms. The zero-order valence-electron chi connectivity index (χ0n) is 12.8. The highest BCUT2D eigenvalue weighted by atomic mass is 15.3. The summed E-state index contributed by atoms with van der Waals surface area (Å²) in [6, 6.07) is 0. The molecule has 2 aliphatic heterocycles. The number of piperidine rings is 1. The first-order chi connectivity index (χ1) is 9.68. The summed E-state index contributed by atoms with van der Waals surface area (Å²) < 4.78 is 0. The van der Waals surface area contributed by atoms with Crippen molar-refractivity contribution in [2.24, 2.45) is 0 Å². The molecule has 2 aliphatic rings. The van der Waals surface area contributed by atoms with Gasteiger partial charge < -0.3 is 10.3 Å². The van der Waals surface area contributed by atoms with Crippen LogP contribution in [0.15, 0.2) is 6.20 Å². The van der Waals surface area contributed by atoms with E-state index in [0.717, 1.165) is 31.2 Å². The molecule has 0 unspecified atom stereocenters. The maximum atomic E-state index is 4.47. The molecule has 2 saturated heterocycles. The first kappa shape index (κ1) is 14.0. The number of rotatable bonds is 2. The summed E-state index contributed by atoms with van der Waals surface area (Å²) >= 11 is 0. The van der Waals surface area contributed by atoms with Crippen molar-refractivity contribution in [3.05, 3.63) is 17.7 Å². The average molecular weight is 277 g/mol. The molecule has 0 amide bonds. The number of hydrogen-bond donors (Lipinski definition) is 2. The number of aryl methyl sites for hydroxylation is 1. The molecule has 112 valence electrons. The van der Waals surface area contributed by atoms with E-state index in [1.165, 1.54) is 38.9 Å². The summed E-state index contributed by atoms with van der Waals surface area (Å²) in [5.41, 5.74) is 1.52. The number of imidazole rings is 1. The molecule has 0 aromatic carbocycles. The molecule has 1 aromatic heterocycles. The molecule has 2 N–H and O–H groups in total. The topological polar surface area (TPSA) is 47.2 Å². The minimum absolute atomic E-state index is 0.364. The number of nitrogens with one attached hydrogen (secondary N) is 2. The zero-order chi connectivity index (χ0) is 14.0. The van der Waals surface area contributed by atoms with Gasteiger partial charge in [-0.3, -0.25) is 9.80 Å². The average Bonchev–Trinajstić information content (AvgIpc) is 2.78. The number of H-pyrrole nitrogens is 1. The van der Waals surface area contributed by atoms with E-state index in [1.807, 2.05) is 6.20 Å². The minimum atomic E-state index is 0.364. The van der Waals surface area contributed by atoms with E-state index in [0.29, 0.717) is 5.54 Å². The third-order valence-corrected chi connectivity index (χ3v) is 4.96. The number of aromatic amines is 1. The van der Waals surface area contributed by atoms with Gasteiger partial charge in [-0.15, -0.1) is 0 Å². The molecule has 3 rings (SSSR count). The molecule has 2 fully saturated rings. The molecule has 20 heavy (non-hydrogen) atoms. The Morgan fingerprint density at radius 2 is 2.10 bits per heavy atom. The predicted octanol–water partition coefficient (Wildman–Crippen LogP) is 0.978. The fourth-order valence-electron chi connectivity index (χ4n) is 3.71. The van der Waals surface area contributed by atoms with Crippen molar-refractivity contribution in [3.8, 4) is 0 Å². The highest BCUT2D eigenvalue weighted by molar-refractivity contribution is 5.01. The van der Waals surface area contributed by atoms with Crippen LogP contribution in [0.5, 0.6) is 0 Å². The third-order valence-electron chi connectivity index (χ3n) is 4.96. The highest BCUT2D eigenvalue weighted by Gasteiger charge is 2.39. The van der Waals surface area contributed by atoms with E-state index in [2.05, 4.69) is 39.1 Å². The lowest BCUT2D eigenvalue weighted by atomic mass is 9.86. The Kier molecular flexibility index (Phi) is 4.10. The van der Waals surface area contributed by atoms with Crippen molar-refractivity contribution < 1.29 is 0 Å². The van der Waals surface area contributed by atoms with Gasteiger partial charge in [-0.1, -0.05) is 0 Å². The Bertz CT molecular complexity index is 435. The summed E-state index contributed by atoms with van der Waals surface area (Å²) in [5.74, 6) is 1.11. The highest BCUT2D eigenvalue weighted by Crippen LogP contribution is 2.29. The smallest absolute Gasteiger partial charge is 0.120 e. The van der Waals surface area contributed by atoms with E-state index < -0.39 is 0 Å². The Hall–Kier alpha value is -0.910. The largest absolute Gasteiger partial charge is 0.345 e. The van der Waals surface area contributed by atoms with Gasteiger partial charge in [0.2, 0.25) is 0 Å². The normalized spacial score (nSPS) is 24.9. The Morgan fingerprint density at radius 1 is 1.30 bits per heavy atom. The molecule has 5 nitrogen and oxygen atoms in total. The summed E-state index contributed by atoms with van der Waals surface area (Å²) in [7, 11) is 2.31. The van der Waals surface area contributed by atoms with Crippen molar-refractivity contribution >= 4 is 0 Å². The maximum absolute atomic E-state index is 4.47. The van der Waals surface area contributed by atoms with Gasteiger partial charge in [0.15, 0.2) is 0 Å². The van der Waals surface area contributed by atoms with Crippen molar-refractivity contribution in [1.29, 1.82) is 0 Å². The van der Waals surface area contributed by atoms with Crippen molar-refractivity contribution in [2.75, 3.05) is 39.8 Å². The van der Waals surface area contributed by atoms with Crippen LogP contribution in [0.3, 0.4) is 0 Å². The molecule has 3 heterocycles. The fourth-order valence-corrected chi connectivity index (χ4v) is 3.71.